The minimum atomic E-state index is -0.852. The predicted octanol–water partition coefficient (Wildman–Crippen LogP) is 7.55. The average molecular weight is 539 g/mol. The molecule has 39 heavy (non-hydrogen) atoms. The van der Waals surface area contributed by atoms with Gasteiger partial charge in [0.15, 0.2) is 0 Å². The van der Waals surface area contributed by atoms with E-state index in [4.69, 9.17) is 9.47 Å². The quantitative estimate of drug-likeness (QED) is 0.227. The van der Waals surface area contributed by atoms with Gasteiger partial charge in [-0.25, -0.2) is 4.79 Å². The zero-order chi connectivity index (χ0) is 28.2. The van der Waals surface area contributed by atoms with Crippen molar-refractivity contribution >= 4 is 11.9 Å². The predicted molar refractivity (Wildman–Crippen MR) is 151 cm³/mol. The van der Waals surface area contributed by atoms with Gasteiger partial charge in [0.25, 0.3) is 0 Å². The third-order valence-electron chi connectivity index (χ3n) is 14.5. The maximum absolute atomic E-state index is 12.9. The highest BCUT2D eigenvalue weighted by Crippen LogP contribution is 2.79. The summed E-state index contributed by atoms with van der Waals surface area (Å²) in [5, 5.41) is 10.6. The molecule has 0 aromatic carbocycles. The second-order valence-electron chi connectivity index (χ2n) is 15.6. The van der Waals surface area contributed by atoms with Crippen LogP contribution < -0.4 is 0 Å². The zero-order valence-corrected chi connectivity index (χ0v) is 25.1. The third-order valence-corrected chi connectivity index (χ3v) is 14.5. The zero-order valence-electron chi connectivity index (χ0n) is 25.1. The summed E-state index contributed by atoms with van der Waals surface area (Å²) in [4.78, 5) is 25.5. The molecule has 0 aromatic heterocycles. The van der Waals surface area contributed by atoms with Crippen molar-refractivity contribution in [1.82, 2.24) is 0 Å². The number of aliphatic carboxylic acids is 1. The van der Waals surface area contributed by atoms with Gasteiger partial charge in [0.2, 0.25) is 5.79 Å². The molecule has 5 aliphatic carbocycles. The largest absolute Gasteiger partial charge is 0.481 e. The second kappa shape index (κ2) is 8.46. The molecule has 1 spiro atoms. The molecule has 216 valence electrons. The summed E-state index contributed by atoms with van der Waals surface area (Å²) in [6.45, 7) is 18.7. The topological polar surface area (TPSA) is 72.8 Å². The lowest BCUT2D eigenvalue weighted by molar-refractivity contribution is -0.400. The number of hydrogen-bond donors (Lipinski definition) is 1. The summed E-state index contributed by atoms with van der Waals surface area (Å²) in [5.41, 5.74) is 0.666. The van der Waals surface area contributed by atoms with E-state index in [1.54, 1.807) is 6.08 Å². The second-order valence-corrected chi connectivity index (χ2v) is 15.6. The molecule has 5 heteroatoms. The summed E-state index contributed by atoms with van der Waals surface area (Å²) >= 11 is 0. The van der Waals surface area contributed by atoms with Crippen LogP contribution in [-0.4, -0.2) is 29.4 Å². The monoisotopic (exact) mass is 538 g/mol. The molecule has 1 N–H and O–H groups in total. The summed E-state index contributed by atoms with van der Waals surface area (Å²) in [7, 11) is 0. The third kappa shape index (κ3) is 3.17. The number of hydrogen-bond acceptors (Lipinski definition) is 4. The SMILES string of the molecule is C=C(C)[C@@H]1CC[C@]2(C(=O)O)CC[C@]3(C)[C@H](CC[C@@H]4[C@]56CC[C@@](OC(=O)/C=C/C)(OC5)C(C)(C)[C@@H]6CC[C@]43C)[C@@H]12. The van der Waals surface area contributed by atoms with E-state index in [-0.39, 0.29) is 33.5 Å². The molecule has 7 fully saturated rings. The van der Waals surface area contributed by atoms with Crippen LogP contribution in [0.25, 0.3) is 0 Å². The van der Waals surface area contributed by atoms with Crippen LogP contribution in [0.4, 0.5) is 0 Å². The molecular formula is C34H50O5. The number of carboxylic acids is 1. The molecular weight excluding hydrogens is 488 g/mol. The Morgan fingerprint density at radius 2 is 1.67 bits per heavy atom. The molecule has 7 aliphatic rings. The summed E-state index contributed by atoms with van der Waals surface area (Å²) < 4.78 is 12.9. The van der Waals surface area contributed by atoms with E-state index in [0.717, 1.165) is 64.2 Å². The Labute approximate surface area is 235 Å². The summed E-state index contributed by atoms with van der Waals surface area (Å²) in [5.74, 6) is 0.199. The lowest BCUT2D eigenvalue weighted by atomic mass is 9.31. The van der Waals surface area contributed by atoms with Crippen molar-refractivity contribution in [2.24, 2.45) is 56.7 Å². The van der Waals surface area contributed by atoms with E-state index in [1.165, 1.54) is 11.6 Å². The fraction of sp³-hybridized carbons (Fsp3) is 0.824. The number of fused-ring (bicyclic) bond motifs is 7. The lowest BCUT2D eigenvalue weighted by Gasteiger charge is -2.76. The van der Waals surface area contributed by atoms with E-state index in [9.17, 15) is 14.7 Å². The molecule has 7 rings (SSSR count). The number of esters is 1. The van der Waals surface area contributed by atoms with Gasteiger partial charge in [0.05, 0.1) is 12.0 Å². The number of carboxylic acid groups (broad SMARTS) is 1. The highest BCUT2D eigenvalue weighted by Gasteiger charge is 2.76. The average Bonchev–Trinajstić information content (AvgIpc) is 3.27. The first-order chi connectivity index (χ1) is 18.2. The van der Waals surface area contributed by atoms with Crippen LogP contribution in [0, 0.1) is 56.7 Å². The number of carbonyl (C=O) groups is 2. The van der Waals surface area contributed by atoms with Crippen LogP contribution >= 0.6 is 0 Å². The molecule has 2 heterocycles. The Balaban J connectivity index is 1.37. The van der Waals surface area contributed by atoms with Gasteiger partial charge in [0, 0.05) is 23.3 Å². The number of ether oxygens (including phenoxy) is 2. The van der Waals surface area contributed by atoms with Gasteiger partial charge < -0.3 is 14.6 Å². The molecule has 0 amide bonds. The van der Waals surface area contributed by atoms with Crippen LogP contribution in [-0.2, 0) is 19.1 Å². The highest BCUT2D eigenvalue weighted by molar-refractivity contribution is 5.82. The number of rotatable bonds is 4. The maximum Gasteiger partial charge on any atom is 0.332 e. The smallest absolute Gasteiger partial charge is 0.332 e. The van der Waals surface area contributed by atoms with E-state index >= 15 is 0 Å². The van der Waals surface area contributed by atoms with Crippen molar-refractivity contribution in [1.29, 1.82) is 0 Å². The van der Waals surface area contributed by atoms with Crippen molar-refractivity contribution in [3.63, 3.8) is 0 Å². The van der Waals surface area contributed by atoms with Crippen LogP contribution in [0.15, 0.2) is 24.3 Å². The van der Waals surface area contributed by atoms with Crippen LogP contribution in [0.5, 0.6) is 0 Å². The standard InChI is InChI=1S/C34H50O5/c1-8-9-26(35)39-34-19-18-33(20-38-34)24(29(34,4)5)13-14-31(7)25(33)11-10-23-27-22(21(2)3)12-15-32(27,28(36)37)17-16-30(23,31)6/h8-9,22-25,27H,2,10-20H2,1,3-7H3,(H,36,37)/b9-8+/t22-,23+,24-,25-,27+,30+,31+,32-,33+,34-/m0/s1. The van der Waals surface area contributed by atoms with Crippen molar-refractivity contribution in [2.75, 3.05) is 6.61 Å². The Morgan fingerprint density at radius 1 is 0.923 bits per heavy atom. The number of allylic oxidation sites excluding steroid dienone is 2. The minimum absolute atomic E-state index is 0.0873. The highest BCUT2D eigenvalue weighted by atomic mass is 16.7. The fourth-order valence-electron chi connectivity index (χ4n) is 12.4. The van der Waals surface area contributed by atoms with E-state index in [2.05, 4.69) is 41.2 Å². The van der Waals surface area contributed by atoms with Crippen LogP contribution in [0.2, 0.25) is 0 Å². The molecule has 0 unspecified atom stereocenters. The first kappa shape index (κ1) is 27.5. The normalized spacial score (nSPS) is 51.4. The van der Waals surface area contributed by atoms with Gasteiger partial charge >= 0.3 is 11.9 Å². The molecule has 5 nitrogen and oxygen atoms in total. The Bertz CT molecular complexity index is 1110. The van der Waals surface area contributed by atoms with E-state index in [1.807, 2.05) is 6.92 Å². The van der Waals surface area contributed by atoms with Crippen molar-refractivity contribution in [2.45, 2.75) is 112 Å². The Morgan fingerprint density at radius 3 is 2.28 bits per heavy atom. The van der Waals surface area contributed by atoms with Gasteiger partial charge in [-0.15, -0.1) is 0 Å². The van der Waals surface area contributed by atoms with Crippen molar-refractivity contribution < 1.29 is 24.2 Å². The Kier molecular flexibility index (Phi) is 5.97. The molecule has 2 bridgehead atoms. The van der Waals surface area contributed by atoms with Gasteiger partial charge in [-0.1, -0.05) is 45.9 Å². The van der Waals surface area contributed by atoms with Crippen molar-refractivity contribution in [3.05, 3.63) is 24.3 Å². The van der Waals surface area contributed by atoms with Crippen LogP contribution in [0.3, 0.4) is 0 Å². The molecule has 0 radical (unpaired) electrons. The van der Waals surface area contributed by atoms with E-state index in [0.29, 0.717) is 30.3 Å². The summed E-state index contributed by atoms with van der Waals surface area (Å²) in [6.07, 6.45) is 13.2. The van der Waals surface area contributed by atoms with Gasteiger partial charge in [-0.05, 0) is 112 Å². The molecule has 5 saturated carbocycles. The molecule has 10 atom stereocenters. The number of carbonyl (C=O) groups excluding carboxylic acids is 1. The van der Waals surface area contributed by atoms with E-state index < -0.39 is 17.2 Å². The maximum atomic E-state index is 12.9. The molecule has 0 aromatic rings. The summed E-state index contributed by atoms with van der Waals surface area (Å²) in [6, 6.07) is 0. The van der Waals surface area contributed by atoms with Crippen LogP contribution in [0.1, 0.15) is 106 Å². The van der Waals surface area contributed by atoms with Gasteiger partial charge in [-0.2, -0.15) is 0 Å². The fourth-order valence-corrected chi connectivity index (χ4v) is 12.4. The minimum Gasteiger partial charge on any atom is -0.481 e. The lowest BCUT2D eigenvalue weighted by Crippen LogP contribution is -2.74. The first-order valence-electron chi connectivity index (χ1n) is 15.6. The van der Waals surface area contributed by atoms with Gasteiger partial charge in [-0.3, -0.25) is 4.79 Å². The van der Waals surface area contributed by atoms with Crippen molar-refractivity contribution in [3.8, 4) is 0 Å². The molecule has 2 saturated heterocycles. The van der Waals surface area contributed by atoms with Gasteiger partial charge in [0.1, 0.15) is 0 Å². The Hall–Kier alpha value is -1.62. The molecule has 2 aliphatic heterocycles. The first-order valence-corrected chi connectivity index (χ1v) is 15.6.